The Morgan fingerprint density at radius 1 is 1.69 bits per heavy atom. The molecular formula is C9H11NO2S. The second kappa shape index (κ2) is 4.18. The first-order valence-electron chi connectivity index (χ1n) is 5.07. The Morgan fingerprint density at radius 2 is 2.46 bits per heavy atom. The molecule has 0 aliphatic heterocycles. The highest BCUT2D eigenvalue weighted by Crippen LogP contribution is 2.29. The topological polar surface area (TPSA) is 49.3 Å². The summed E-state index contributed by atoms with van der Waals surface area (Å²) in [7, 11) is 0. The second-order valence-electron chi connectivity index (χ2n) is 2.47. The standard InChI is InChI=1S/C9H11NO2S/c1-6(11)10-7-3-4-8(12)9(5-7)13-2/h3-5,12H,1-2H3,(H,10,11)/i2D3. The zero-order valence-electron chi connectivity index (χ0n) is 10.00. The zero-order chi connectivity index (χ0) is 12.3. The van der Waals surface area contributed by atoms with E-state index in [2.05, 4.69) is 5.32 Å². The van der Waals surface area contributed by atoms with Crippen LogP contribution < -0.4 is 5.32 Å². The maximum Gasteiger partial charge on any atom is 0.221 e. The Labute approximate surface area is 85.4 Å². The summed E-state index contributed by atoms with van der Waals surface area (Å²) < 4.78 is 21.2. The summed E-state index contributed by atoms with van der Waals surface area (Å²) in [6, 6.07) is 4.27. The van der Waals surface area contributed by atoms with Gasteiger partial charge in [0, 0.05) is 16.7 Å². The number of hydrogen-bond donors (Lipinski definition) is 2. The fourth-order valence-corrected chi connectivity index (χ4v) is 1.24. The van der Waals surface area contributed by atoms with Crippen molar-refractivity contribution in [2.24, 2.45) is 0 Å². The van der Waals surface area contributed by atoms with E-state index in [0.717, 1.165) is 0 Å². The number of phenolic OH excluding ortho intramolecular Hbond substituents is 1. The molecule has 0 aliphatic carbocycles. The van der Waals surface area contributed by atoms with Crippen molar-refractivity contribution in [1.29, 1.82) is 0 Å². The molecular weight excluding hydrogens is 186 g/mol. The first kappa shape index (κ1) is 6.32. The highest BCUT2D eigenvalue weighted by molar-refractivity contribution is 7.98. The maximum atomic E-state index is 10.8. The molecule has 0 spiro atoms. The molecule has 0 saturated carbocycles. The molecule has 3 nitrogen and oxygen atoms in total. The molecule has 0 heterocycles. The summed E-state index contributed by atoms with van der Waals surface area (Å²) in [6.07, 6.45) is -2.23. The van der Waals surface area contributed by atoms with Crippen LogP contribution >= 0.6 is 11.8 Å². The van der Waals surface area contributed by atoms with Crippen LogP contribution in [0.4, 0.5) is 5.69 Å². The first-order chi connectivity index (χ1) is 7.28. The summed E-state index contributed by atoms with van der Waals surface area (Å²) in [5.74, 6) is -0.370. The van der Waals surface area contributed by atoms with Crippen molar-refractivity contribution in [1.82, 2.24) is 0 Å². The Kier molecular flexibility index (Phi) is 2.03. The molecule has 1 aromatic carbocycles. The highest BCUT2D eigenvalue weighted by atomic mass is 32.2. The molecule has 1 rings (SSSR count). The lowest BCUT2D eigenvalue weighted by Crippen LogP contribution is -2.05. The molecule has 0 fully saturated rings. The number of carbonyl (C=O) groups excluding carboxylic acids is 1. The van der Waals surface area contributed by atoms with Crippen molar-refractivity contribution in [3.63, 3.8) is 0 Å². The van der Waals surface area contributed by atoms with Crippen molar-refractivity contribution >= 4 is 23.4 Å². The van der Waals surface area contributed by atoms with Gasteiger partial charge in [-0.25, -0.2) is 0 Å². The largest absolute Gasteiger partial charge is 0.507 e. The molecule has 2 N–H and O–H groups in total. The molecule has 0 unspecified atom stereocenters. The van der Waals surface area contributed by atoms with Gasteiger partial charge in [-0.15, -0.1) is 11.8 Å². The Balaban J connectivity index is 2.95. The summed E-state index contributed by atoms with van der Waals surface area (Å²) in [4.78, 5) is 11.0. The summed E-state index contributed by atoms with van der Waals surface area (Å²) in [5.41, 5.74) is 0.456. The number of rotatable bonds is 2. The first-order valence-corrected chi connectivity index (χ1v) is 4.39. The van der Waals surface area contributed by atoms with E-state index < -0.39 is 6.18 Å². The van der Waals surface area contributed by atoms with Gasteiger partial charge in [0.2, 0.25) is 5.91 Å². The van der Waals surface area contributed by atoms with E-state index in [9.17, 15) is 9.90 Å². The van der Waals surface area contributed by atoms with Gasteiger partial charge in [0.25, 0.3) is 0 Å². The Hall–Kier alpha value is -1.16. The molecule has 13 heavy (non-hydrogen) atoms. The van der Waals surface area contributed by atoms with E-state index in [0.29, 0.717) is 17.4 Å². The van der Waals surface area contributed by atoms with Gasteiger partial charge in [-0.2, -0.15) is 0 Å². The molecule has 0 aliphatic rings. The van der Waals surface area contributed by atoms with Gasteiger partial charge in [0.05, 0.1) is 4.90 Å². The normalized spacial score (nSPS) is 14.1. The number of anilines is 1. The molecule has 70 valence electrons. The minimum atomic E-state index is -2.23. The number of hydrogen-bond acceptors (Lipinski definition) is 3. The smallest absolute Gasteiger partial charge is 0.221 e. The maximum absolute atomic E-state index is 10.8. The second-order valence-corrected chi connectivity index (χ2v) is 3.11. The minimum absolute atomic E-state index is 0.116. The summed E-state index contributed by atoms with van der Waals surface area (Å²) in [6.45, 7) is 1.35. The third kappa shape index (κ3) is 2.66. The number of thioether (sulfide) groups is 1. The molecule has 0 radical (unpaired) electrons. The zero-order valence-corrected chi connectivity index (χ0v) is 7.81. The van der Waals surface area contributed by atoms with E-state index in [1.165, 1.54) is 25.1 Å². The predicted molar refractivity (Wildman–Crippen MR) is 54.2 cm³/mol. The molecule has 1 aromatic rings. The quantitative estimate of drug-likeness (QED) is 0.567. The molecule has 0 atom stereocenters. The monoisotopic (exact) mass is 200 g/mol. The van der Waals surface area contributed by atoms with E-state index >= 15 is 0 Å². The number of nitrogens with one attached hydrogen (secondary N) is 1. The minimum Gasteiger partial charge on any atom is -0.507 e. The van der Waals surface area contributed by atoms with Gasteiger partial charge in [-0.1, -0.05) is 0 Å². The van der Waals surface area contributed by atoms with Crippen molar-refractivity contribution in [3.05, 3.63) is 18.2 Å². The van der Waals surface area contributed by atoms with Gasteiger partial charge in [0.1, 0.15) is 5.75 Å². The van der Waals surface area contributed by atoms with E-state index in [4.69, 9.17) is 4.11 Å². The van der Waals surface area contributed by atoms with Gasteiger partial charge in [0.15, 0.2) is 0 Å². The van der Waals surface area contributed by atoms with Crippen LogP contribution in [0.15, 0.2) is 23.1 Å². The van der Waals surface area contributed by atoms with Gasteiger partial charge in [-0.3, -0.25) is 4.79 Å². The van der Waals surface area contributed by atoms with Crippen LogP contribution in [0.25, 0.3) is 0 Å². The molecule has 0 saturated heterocycles. The van der Waals surface area contributed by atoms with Crippen LogP contribution in [0.3, 0.4) is 0 Å². The number of phenols is 1. The third-order valence-corrected chi connectivity index (χ3v) is 1.94. The van der Waals surface area contributed by atoms with Crippen LogP contribution in [0.1, 0.15) is 11.0 Å². The van der Waals surface area contributed by atoms with Crippen molar-refractivity contribution in [2.75, 3.05) is 11.5 Å². The van der Waals surface area contributed by atoms with Crippen LogP contribution in [-0.4, -0.2) is 17.2 Å². The van der Waals surface area contributed by atoms with Crippen molar-refractivity contribution < 1.29 is 14.0 Å². The van der Waals surface area contributed by atoms with E-state index in [1.807, 2.05) is 0 Å². The van der Waals surface area contributed by atoms with Crippen molar-refractivity contribution in [3.8, 4) is 5.75 Å². The number of carbonyl (C=O) groups is 1. The number of aromatic hydroxyl groups is 1. The highest BCUT2D eigenvalue weighted by Gasteiger charge is 2.01. The average molecular weight is 200 g/mol. The van der Waals surface area contributed by atoms with E-state index in [-0.39, 0.29) is 16.6 Å². The van der Waals surface area contributed by atoms with Crippen LogP contribution in [-0.2, 0) is 4.79 Å². The molecule has 1 amide bonds. The van der Waals surface area contributed by atoms with Gasteiger partial charge in [-0.05, 0) is 24.4 Å². The summed E-state index contributed by atoms with van der Waals surface area (Å²) in [5, 5.41) is 12.0. The van der Waals surface area contributed by atoms with Crippen molar-refractivity contribution in [2.45, 2.75) is 11.8 Å². The van der Waals surface area contributed by atoms with Crippen LogP contribution in [0, 0.1) is 0 Å². The lowest BCUT2D eigenvalue weighted by molar-refractivity contribution is -0.114. The predicted octanol–water partition coefficient (Wildman–Crippen LogP) is 2.07. The molecule has 0 bridgehead atoms. The SMILES string of the molecule is [2H]C([2H])([2H])Sc1cc(NC(C)=O)ccc1O. The summed E-state index contributed by atoms with van der Waals surface area (Å²) >= 11 is 0.567. The lowest BCUT2D eigenvalue weighted by atomic mass is 10.3. The van der Waals surface area contributed by atoms with E-state index in [1.54, 1.807) is 0 Å². The Bertz CT molecular complexity index is 406. The Morgan fingerprint density at radius 3 is 3.08 bits per heavy atom. The molecule has 4 heteroatoms. The van der Waals surface area contributed by atoms with Gasteiger partial charge < -0.3 is 10.4 Å². The van der Waals surface area contributed by atoms with Crippen LogP contribution in [0.2, 0.25) is 0 Å². The molecule has 0 aromatic heterocycles. The van der Waals surface area contributed by atoms with Crippen LogP contribution in [0.5, 0.6) is 5.75 Å². The average Bonchev–Trinajstić information content (AvgIpc) is 2.07. The number of benzene rings is 1. The third-order valence-electron chi connectivity index (χ3n) is 1.39. The number of amides is 1. The van der Waals surface area contributed by atoms with Gasteiger partial charge >= 0.3 is 0 Å². The fourth-order valence-electron chi connectivity index (χ4n) is 0.877. The lowest BCUT2D eigenvalue weighted by Gasteiger charge is -2.05. The fraction of sp³-hybridized carbons (Fsp3) is 0.222.